The molecule has 3 aromatic rings. The van der Waals surface area contributed by atoms with Gasteiger partial charge in [-0.3, -0.25) is 9.29 Å². The first-order valence-electron chi connectivity index (χ1n) is 11.5. The first kappa shape index (κ1) is 25.8. The van der Waals surface area contributed by atoms with E-state index in [4.69, 9.17) is 14.2 Å². The third-order valence-electron chi connectivity index (χ3n) is 6.20. The van der Waals surface area contributed by atoms with Crippen molar-refractivity contribution in [3.63, 3.8) is 0 Å². The minimum Gasteiger partial charge on any atom is -0.494 e. The number of para-hydroxylation sites is 1. The van der Waals surface area contributed by atoms with E-state index in [9.17, 15) is 8.42 Å². The zero-order chi connectivity index (χ0) is 25.9. The number of methoxy groups -OCH3 is 3. The molecule has 0 spiro atoms. The van der Waals surface area contributed by atoms with E-state index >= 15 is 0 Å². The molecule has 1 aliphatic rings. The quantitative estimate of drug-likeness (QED) is 0.410. The molecular weight excluding hydrogens is 486 g/mol. The van der Waals surface area contributed by atoms with Crippen LogP contribution in [-0.4, -0.2) is 72.8 Å². The van der Waals surface area contributed by atoms with Gasteiger partial charge in [-0.15, -0.1) is 10.2 Å². The van der Waals surface area contributed by atoms with Crippen LogP contribution in [0.3, 0.4) is 0 Å². The van der Waals surface area contributed by atoms with Crippen LogP contribution >= 0.6 is 0 Å². The summed E-state index contributed by atoms with van der Waals surface area (Å²) in [5, 5.41) is 10.9. The lowest BCUT2D eigenvalue weighted by Crippen LogP contribution is -2.33. The summed E-state index contributed by atoms with van der Waals surface area (Å²) in [4.78, 5) is 8.51. The van der Waals surface area contributed by atoms with E-state index in [-0.39, 0.29) is 17.7 Å². The lowest BCUT2D eigenvalue weighted by atomic mass is 10.1. The number of anilines is 1. The Morgan fingerprint density at radius 2 is 1.78 bits per heavy atom. The summed E-state index contributed by atoms with van der Waals surface area (Å²) in [5.74, 6) is 1.88. The number of hydrogen-bond donors (Lipinski definition) is 2. The molecule has 13 heteroatoms. The Kier molecular flexibility index (Phi) is 7.71. The molecule has 12 nitrogen and oxygen atoms in total. The highest BCUT2D eigenvalue weighted by molar-refractivity contribution is 7.93. The van der Waals surface area contributed by atoms with Crippen molar-refractivity contribution in [1.82, 2.24) is 30.0 Å². The Morgan fingerprint density at radius 3 is 2.33 bits per heavy atom. The lowest BCUT2D eigenvalue weighted by Gasteiger charge is -2.23. The fourth-order valence-electron chi connectivity index (χ4n) is 4.21. The van der Waals surface area contributed by atoms with Crippen LogP contribution in [0.25, 0.3) is 5.69 Å². The maximum Gasteiger partial charge on any atom is 0.243 e. The van der Waals surface area contributed by atoms with Crippen LogP contribution in [-0.2, 0) is 14.8 Å². The van der Waals surface area contributed by atoms with Gasteiger partial charge in [0.15, 0.2) is 5.82 Å². The minimum absolute atomic E-state index is 0.0197. The second kappa shape index (κ2) is 10.8. The molecule has 0 amide bonds. The molecule has 1 unspecified atom stereocenters. The Labute approximate surface area is 210 Å². The van der Waals surface area contributed by atoms with Crippen molar-refractivity contribution in [1.29, 1.82) is 0 Å². The molecule has 0 bridgehead atoms. The maximum atomic E-state index is 13.6. The summed E-state index contributed by atoms with van der Waals surface area (Å²) in [6, 6.07) is 5.33. The van der Waals surface area contributed by atoms with Crippen LogP contribution in [0.2, 0.25) is 0 Å². The van der Waals surface area contributed by atoms with Gasteiger partial charge >= 0.3 is 0 Å². The number of aromatic nitrogens is 5. The zero-order valence-corrected chi connectivity index (χ0v) is 21.7. The van der Waals surface area contributed by atoms with Crippen molar-refractivity contribution in [2.45, 2.75) is 37.5 Å². The van der Waals surface area contributed by atoms with Gasteiger partial charge in [0.25, 0.3) is 0 Å². The number of aryl methyl sites for hydroxylation is 1. The van der Waals surface area contributed by atoms with E-state index < -0.39 is 21.4 Å². The molecule has 2 N–H and O–H groups in total. The molecule has 3 atom stereocenters. The Morgan fingerprint density at radius 1 is 1.11 bits per heavy atom. The summed E-state index contributed by atoms with van der Waals surface area (Å²) in [5.41, 5.74) is 1.36. The van der Waals surface area contributed by atoms with Crippen molar-refractivity contribution in [2.75, 3.05) is 39.1 Å². The van der Waals surface area contributed by atoms with Gasteiger partial charge in [-0.25, -0.2) is 18.4 Å². The first-order chi connectivity index (χ1) is 17.3. The molecule has 4 rings (SSSR count). The van der Waals surface area contributed by atoms with Gasteiger partial charge in [0.2, 0.25) is 16.0 Å². The van der Waals surface area contributed by atoms with Crippen LogP contribution < -0.4 is 19.5 Å². The van der Waals surface area contributed by atoms with Gasteiger partial charge < -0.3 is 19.5 Å². The highest BCUT2D eigenvalue weighted by Gasteiger charge is 2.36. The monoisotopic (exact) mass is 517 g/mol. The van der Waals surface area contributed by atoms with E-state index in [0.29, 0.717) is 29.6 Å². The van der Waals surface area contributed by atoms with Crippen molar-refractivity contribution in [3.05, 3.63) is 47.8 Å². The first-order valence-corrected chi connectivity index (χ1v) is 13.1. The zero-order valence-electron chi connectivity index (χ0n) is 20.9. The molecule has 1 aliphatic heterocycles. The Hall–Kier alpha value is -3.29. The second-order valence-electron chi connectivity index (χ2n) is 8.55. The minimum atomic E-state index is -4.04. The standard InChI is InChI=1S/C23H31N7O5S/c1-14-11-25-21(26-12-14)20(35-5)15(2)36(31,32)29-23-28-27-22(16-9-10-24-13-16)30(23)19-17(33-3)7-6-8-18(19)34-4/h6-8,11-12,15-16,20,24H,9-10,13H2,1-5H3,(H,28,29)/t15-,16?,20-/m0/s1. The average Bonchev–Trinajstić information content (AvgIpc) is 3.54. The van der Waals surface area contributed by atoms with E-state index in [1.165, 1.54) is 28.3 Å². The number of benzene rings is 1. The van der Waals surface area contributed by atoms with Gasteiger partial charge in [-0.1, -0.05) is 6.07 Å². The molecular formula is C23H31N7O5S. The van der Waals surface area contributed by atoms with Crippen LogP contribution in [0.1, 0.15) is 42.6 Å². The molecule has 194 valence electrons. The van der Waals surface area contributed by atoms with Gasteiger partial charge in [0.1, 0.15) is 34.4 Å². The molecule has 1 fully saturated rings. The third kappa shape index (κ3) is 4.99. The van der Waals surface area contributed by atoms with Crippen molar-refractivity contribution in [2.24, 2.45) is 0 Å². The summed E-state index contributed by atoms with van der Waals surface area (Å²) >= 11 is 0. The van der Waals surface area contributed by atoms with Gasteiger partial charge in [-0.2, -0.15) is 0 Å². The van der Waals surface area contributed by atoms with Crippen molar-refractivity contribution >= 4 is 16.0 Å². The summed E-state index contributed by atoms with van der Waals surface area (Å²) in [6.45, 7) is 4.90. The third-order valence-corrected chi connectivity index (χ3v) is 7.89. The number of nitrogens with zero attached hydrogens (tertiary/aromatic N) is 5. The summed E-state index contributed by atoms with van der Waals surface area (Å²) in [6.07, 6.45) is 3.16. The van der Waals surface area contributed by atoms with E-state index in [1.54, 1.807) is 35.2 Å². The van der Waals surface area contributed by atoms with E-state index in [1.807, 2.05) is 6.92 Å². The van der Waals surface area contributed by atoms with Gasteiger partial charge in [0, 0.05) is 32.0 Å². The number of ether oxygens (including phenoxy) is 3. The number of hydrogen-bond acceptors (Lipinski definition) is 10. The fourth-order valence-corrected chi connectivity index (χ4v) is 5.34. The Balaban J connectivity index is 1.77. The number of rotatable bonds is 10. The average molecular weight is 518 g/mol. The van der Waals surface area contributed by atoms with Crippen molar-refractivity contribution in [3.8, 4) is 17.2 Å². The topological polar surface area (TPSA) is 142 Å². The van der Waals surface area contributed by atoms with Crippen LogP contribution in [0.4, 0.5) is 5.95 Å². The molecule has 1 saturated heterocycles. The smallest absolute Gasteiger partial charge is 0.243 e. The lowest BCUT2D eigenvalue weighted by molar-refractivity contribution is 0.0949. The number of sulfonamides is 1. The fraction of sp³-hybridized carbons (Fsp3) is 0.478. The van der Waals surface area contributed by atoms with E-state index in [2.05, 4.69) is 30.2 Å². The normalized spacial score (nSPS) is 17.5. The maximum absolute atomic E-state index is 13.6. The summed E-state index contributed by atoms with van der Waals surface area (Å²) in [7, 11) is 0.461. The highest BCUT2D eigenvalue weighted by Crippen LogP contribution is 2.38. The highest BCUT2D eigenvalue weighted by atomic mass is 32.2. The predicted octanol–water partition coefficient (Wildman–Crippen LogP) is 1.98. The van der Waals surface area contributed by atoms with Crippen LogP contribution in [0, 0.1) is 6.92 Å². The largest absolute Gasteiger partial charge is 0.494 e. The SMILES string of the molecule is COc1cccc(OC)c1-n1c(NS(=O)(=O)[C@@H](C)[C@H](OC)c2ncc(C)cn2)nnc1C1CCNC1. The van der Waals surface area contributed by atoms with Crippen molar-refractivity contribution < 1.29 is 22.6 Å². The second-order valence-corrected chi connectivity index (χ2v) is 10.6. The predicted molar refractivity (Wildman–Crippen MR) is 133 cm³/mol. The molecule has 1 aromatic carbocycles. The molecule has 0 radical (unpaired) electrons. The number of nitrogens with one attached hydrogen (secondary N) is 2. The molecule has 36 heavy (non-hydrogen) atoms. The summed E-state index contributed by atoms with van der Waals surface area (Å²) < 4.78 is 48.1. The molecule has 3 heterocycles. The van der Waals surface area contributed by atoms with Gasteiger partial charge in [-0.05, 0) is 44.5 Å². The molecule has 0 aliphatic carbocycles. The molecule has 0 saturated carbocycles. The van der Waals surface area contributed by atoms with Crippen LogP contribution in [0.15, 0.2) is 30.6 Å². The Bertz CT molecular complexity index is 1270. The van der Waals surface area contributed by atoms with Gasteiger partial charge in [0.05, 0.1) is 14.2 Å². The molecule has 2 aromatic heterocycles. The van der Waals surface area contributed by atoms with E-state index in [0.717, 1.165) is 18.5 Å². The van der Waals surface area contributed by atoms with Crippen LogP contribution in [0.5, 0.6) is 11.5 Å².